The topological polar surface area (TPSA) is 89.7 Å². The van der Waals surface area contributed by atoms with Gasteiger partial charge in [-0.25, -0.2) is 4.98 Å². The molecule has 3 rings (SSSR count). The number of carbonyl (C=O) groups is 1. The summed E-state index contributed by atoms with van der Waals surface area (Å²) in [6.07, 6.45) is 3.48. The molecule has 1 fully saturated rings. The van der Waals surface area contributed by atoms with Crippen molar-refractivity contribution in [2.75, 3.05) is 37.5 Å². The number of ether oxygens (including phenoxy) is 2. The predicted octanol–water partition coefficient (Wildman–Crippen LogP) is 2.93. The molecule has 3 N–H and O–H groups in total. The molecule has 7 nitrogen and oxygen atoms in total. The van der Waals surface area contributed by atoms with Crippen molar-refractivity contribution < 1.29 is 14.3 Å². The lowest BCUT2D eigenvalue weighted by molar-refractivity contribution is 0.1000. The van der Waals surface area contributed by atoms with E-state index in [1.165, 1.54) is 6.20 Å². The molecule has 2 heterocycles. The van der Waals surface area contributed by atoms with Crippen LogP contribution in [0.2, 0.25) is 5.02 Å². The number of piperidine rings is 1. The zero-order valence-electron chi connectivity index (χ0n) is 15.4. The average molecular weight is 391 g/mol. The molecule has 1 amide bonds. The summed E-state index contributed by atoms with van der Waals surface area (Å²) in [5.74, 6) is 1.59. The van der Waals surface area contributed by atoms with Gasteiger partial charge in [-0.15, -0.1) is 0 Å². The van der Waals surface area contributed by atoms with Gasteiger partial charge in [-0.2, -0.15) is 0 Å². The van der Waals surface area contributed by atoms with Crippen molar-refractivity contribution in [1.82, 2.24) is 4.98 Å². The van der Waals surface area contributed by atoms with Crippen LogP contribution in [0.5, 0.6) is 11.5 Å². The Labute approximate surface area is 163 Å². The van der Waals surface area contributed by atoms with Gasteiger partial charge in [0.1, 0.15) is 17.3 Å². The quantitative estimate of drug-likeness (QED) is 0.788. The minimum Gasteiger partial charge on any atom is -0.497 e. The number of rotatable bonds is 6. The third-order valence-corrected chi connectivity index (χ3v) is 4.83. The molecule has 27 heavy (non-hydrogen) atoms. The highest BCUT2D eigenvalue weighted by Gasteiger charge is 2.23. The Bertz CT molecular complexity index is 808. The average Bonchev–Trinajstić information content (AvgIpc) is 2.67. The molecule has 1 aromatic carbocycles. The summed E-state index contributed by atoms with van der Waals surface area (Å²) in [6, 6.07) is 7.49. The van der Waals surface area contributed by atoms with E-state index >= 15 is 0 Å². The van der Waals surface area contributed by atoms with Gasteiger partial charge in [0.15, 0.2) is 0 Å². The van der Waals surface area contributed by atoms with E-state index < -0.39 is 5.91 Å². The number of carbonyl (C=O) groups excluding carboxylic acids is 1. The van der Waals surface area contributed by atoms with E-state index in [9.17, 15) is 4.79 Å². The Morgan fingerprint density at radius 3 is 2.56 bits per heavy atom. The summed E-state index contributed by atoms with van der Waals surface area (Å²) in [5, 5.41) is 3.96. The van der Waals surface area contributed by atoms with Crippen molar-refractivity contribution in [3.63, 3.8) is 0 Å². The second kappa shape index (κ2) is 8.35. The molecule has 0 spiro atoms. The first kappa shape index (κ1) is 19.1. The largest absolute Gasteiger partial charge is 0.497 e. The molecule has 0 radical (unpaired) electrons. The minimum absolute atomic E-state index is 0.212. The summed E-state index contributed by atoms with van der Waals surface area (Å²) in [5.41, 5.74) is 6.52. The molecule has 8 heteroatoms. The Morgan fingerprint density at radius 2 is 1.96 bits per heavy atom. The number of pyridine rings is 1. The number of nitrogens with two attached hydrogens (primary N) is 1. The Kier molecular flexibility index (Phi) is 5.91. The van der Waals surface area contributed by atoms with Crippen LogP contribution in [0.4, 0.5) is 11.5 Å². The van der Waals surface area contributed by atoms with Crippen LogP contribution in [0.15, 0.2) is 30.5 Å². The summed E-state index contributed by atoms with van der Waals surface area (Å²) in [7, 11) is 3.26. The molecule has 0 bridgehead atoms. The van der Waals surface area contributed by atoms with E-state index in [1.807, 2.05) is 18.2 Å². The van der Waals surface area contributed by atoms with Crippen molar-refractivity contribution in [2.45, 2.75) is 18.9 Å². The van der Waals surface area contributed by atoms with Crippen LogP contribution < -0.4 is 25.4 Å². The zero-order chi connectivity index (χ0) is 19.4. The van der Waals surface area contributed by atoms with Gasteiger partial charge in [-0.3, -0.25) is 4.79 Å². The summed E-state index contributed by atoms with van der Waals surface area (Å²) in [6.45, 7) is 1.59. The van der Waals surface area contributed by atoms with Crippen molar-refractivity contribution in [2.24, 2.45) is 5.73 Å². The highest BCUT2D eigenvalue weighted by atomic mass is 35.5. The molecule has 1 aliphatic rings. The van der Waals surface area contributed by atoms with E-state index in [-0.39, 0.29) is 6.04 Å². The number of methoxy groups -OCH3 is 2. The number of primary amides is 1. The van der Waals surface area contributed by atoms with Crippen molar-refractivity contribution in [3.8, 4) is 11.5 Å². The van der Waals surface area contributed by atoms with E-state index in [4.69, 9.17) is 26.8 Å². The van der Waals surface area contributed by atoms with Crippen molar-refractivity contribution in [1.29, 1.82) is 0 Å². The van der Waals surface area contributed by atoms with Gasteiger partial charge in [0.05, 0.1) is 24.8 Å². The summed E-state index contributed by atoms with van der Waals surface area (Å²) >= 11 is 6.33. The molecule has 0 saturated carbocycles. The summed E-state index contributed by atoms with van der Waals surface area (Å²) in [4.78, 5) is 17.7. The minimum atomic E-state index is -0.541. The number of amides is 1. The van der Waals surface area contributed by atoms with Crippen LogP contribution in [0.25, 0.3) is 0 Å². The van der Waals surface area contributed by atoms with Gasteiger partial charge < -0.3 is 25.4 Å². The highest BCUT2D eigenvalue weighted by molar-refractivity contribution is 6.33. The molecule has 1 atom stereocenters. The lowest BCUT2D eigenvalue weighted by atomic mass is 10.0. The lowest BCUT2D eigenvalue weighted by Crippen LogP contribution is -2.42. The molecular weight excluding hydrogens is 368 g/mol. The molecule has 2 aromatic rings. The maximum absolute atomic E-state index is 11.3. The van der Waals surface area contributed by atoms with Crippen LogP contribution in [-0.2, 0) is 0 Å². The van der Waals surface area contributed by atoms with Gasteiger partial charge in [0, 0.05) is 49.2 Å². The molecule has 0 aliphatic carbocycles. The number of halogens is 1. The number of hydrogen-bond donors (Lipinski definition) is 2. The van der Waals surface area contributed by atoms with Gasteiger partial charge in [-0.1, -0.05) is 11.6 Å². The smallest absolute Gasteiger partial charge is 0.250 e. The second-order valence-corrected chi connectivity index (χ2v) is 6.83. The van der Waals surface area contributed by atoms with Crippen LogP contribution >= 0.6 is 11.6 Å². The number of benzene rings is 1. The van der Waals surface area contributed by atoms with Gasteiger partial charge in [0.2, 0.25) is 5.91 Å². The molecule has 1 aliphatic heterocycles. The van der Waals surface area contributed by atoms with E-state index in [0.29, 0.717) is 16.4 Å². The monoisotopic (exact) mass is 390 g/mol. The first-order valence-corrected chi connectivity index (χ1v) is 9.08. The van der Waals surface area contributed by atoms with E-state index in [0.717, 1.165) is 43.1 Å². The number of aromatic nitrogens is 1. The zero-order valence-corrected chi connectivity index (χ0v) is 16.1. The third-order valence-electron chi connectivity index (χ3n) is 4.55. The molecule has 1 saturated heterocycles. The van der Waals surface area contributed by atoms with Crippen molar-refractivity contribution in [3.05, 3.63) is 41.0 Å². The standard InChI is InChI=1S/C19H23ClN4O3/c1-26-15-7-14(8-16(9-15)27-2)23-13-4-3-5-24(11-13)19-17(20)6-12(10-22-19)18(21)25/h6-10,13,23H,3-5,11H2,1-2H3,(H2,21,25). The number of hydrogen-bond acceptors (Lipinski definition) is 6. The first-order valence-electron chi connectivity index (χ1n) is 8.70. The number of nitrogens with one attached hydrogen (secondary N) is 1. The Morgan fingerprint density at radius 1 is 1.26 bits per heavy atom. The third kappa shape index (κ3) is 4.54. The second-order valence-electron chi connectivity index (χ2n) is 6.42. The lowest BCUT2D eigenvalue weighted by Gasteiger charge is -2.35. The van der Waals surface area contributed by atoms with Crippen LogP contribution in [-0.4, -0.2) is 44.2 Å². The van der Waals surface area contributed by atoms with Gasteiger partial charge in [-0.05, 0) is 18.9 Å². The van der Waals surface area contributed by atoms with Gasteiger partial charge >= 0.3 is 0 Å². The SMILES string of the molecule is COc1cc(NC2CCCN(c3ncc(C(N)=O)cc3Cl)C2)cc(OC)c1. The molecule has 1 unspecified atom stereocenters. The van der Waals surface area contributed by atoms with Crippen molar-refractivity contribution >= 4 is 29.0 Å². The Balaban J connectivity index is 1.74. The van der Waals surface area contributed by atoms with Crippen LogP contribution in [0.3, 0.4) is 0 Å². The van der Waals surface area contributed by atoms with E-state index in [1.54, 1.807) is 20.3 Å². The fourth-order valence-corrected chi connectivity index (χ4v) is 3.50. The van der Waals surface area contributed by atoms with E-state index in [2.05, 4.69) is 15.2 Å². The summed E-state index contributed by atoms with van der Waals surface area (Å²) < 4.78 is 10.7. The molecule has 144 valence electrons. The normalized spacial score (nSPS) is 16.7. The fourth-order valence-electron chi connectivity index (χ4n) is 3.21. The molecular formula is C19H23ClN4O3. The maximum Gasteiger partial charge on any atom is 0.250 e. The molecule has 1 aromatic heterocycles. The Hall–Kier alpha value is -2.67. The fraction of sp³-hybridized carbons (Fsp3) is 0.368. The maximum atomic E-state index is 11.3. The van der Waals surface area contributed by atoms with Gasteiger partial charge in [0.25, 0.3) is 0 Å². The highest BCUT2D eigenvalue weighted by Crippen LogP contribution is 2.30. The first-order chi connectivity index (χ1) is 13.0. The predicted molar refractivity (Wildman–Crippen MR) is 106 cm³/mol. The van der Waals surface area contributed by atoms with Crippen LogP contribution in [0.1, 0.15) is 23.2 Å². The number of anilines is 2. The number of nitrogens with zero attached hydrogens (tertiary/aromatic N) is 2. The van der Waals surface area contributed by atoms with Crippen LogP contribution in [0, 0.1) is 0 Å².